The van der Waals surface area contributed by atoms with Crippen LogP contribution in [0.15, 0.2) is 66.7 Å². The lowest BCUT2D eigenvalue weighted by atomic mass is 10.0. The molecule has 0 atom stereocenters. The summed E-state index contributed by atoms with van der Waals surface area (Å²) >= 11 is 0. The summed E-state index contributed by atoms with van der Waals surface area (Å²) in [6, 6.07) is 19.1. The summed E-state index contributed by atoms with van der Waals surface area (Å²) in [7, 11) is 1.20. The number of nitrogens with zero attached hydrogens (tertiary/aromatic N) is 1. The fourth-order valence-electron chi connectivity index (χ4n) is 2.53. The number of hydrogen-bond acceptors (Lipinski definition) is 4. The molecule has 5 nitrogen and oxygen atoms in total. The van der Waals surface area contributed by atoms with Gasteiger partial charge in [-0.1, -0.05) is 60.7 Å². The van der Waals surface area contributed by atoms with E-state index < -0.39 is 5.97 Å². The summed E-state index contributed by atoms with van der Waals surface area (Å²) in [5.74, 6) is -1.14. The van der Waals surface area contributed by atoms with Crippen molar-refractivity contribution in [3.8, 4) is 11.3 Å². The largest absolute Gasteiger partial charge is 0.464 e. The van der Waals surface area contributed by atoms with Gasteiger partial charge in [0.1, 0.15) is 0 Å². The fourth-order valence-corrected chi connectivity index (χ4v) is 2.53. The molecule has 0 aliphatic rings. The van der Waals surface area contributed by atoms with Gasteiger partial charge in [-0.3, -0.25) is 4.79 Å². The number of esters is 1. The highest BCUT2D eigenvalue weighted by Gasteiger charge is 2.27. The van der Waals surface area contributed by atoms with E-state index in [2.05, 4.69) is 0 Å². The first-order valence-corrected chi connectivity index (χ1v) is 7.32. The number of aromatic nitrogens is 1. The minimum absolute atomic E-state index is 0.0920. The Balaban J connectivity index is 2.18. The van der Waals surface area contributed by atoms with Gasteiger partial charge in [0, 0.05) is 11.1 Å². The lowest BCUT2D eigenvalue weighted by Crippen LogP contribution is -2.14. The topological polar surface area (TPSA) is 68.5 Å². The van der Waals surface area contributed by atoms with Crippen LogP contribution in [0.4, 0.5) is 0 Å². The molecule has 0 aliphatic carbocycles. The average Bonchev–Trinajstić information content (AvgIpc) is 2.99. The van der Waals surface area contributed by atoms with Gasteiger partial charge < -0.3 is 9.94 Å². The first-order chi connectivity index (χ1) is 11.6. The van der Waals surface area contributed by atoms with Crippen molar-refractivity contribution in [3.63, 3.8) is 0 Å². The van der Waals surface area contributed by atoms with E-state index in [1.807, 2.05) is 6.07 Å². The lowest BCUT2D eigenvalue weighted by Gasteiger charge is -2.06. The molecule has 0 amide bonds. The van der Waals surface area contributed by atoms with E-state index in [4.69, 9.17) is 4.74 Å². The van der Waals surface area contributed by atoms with Gasteiger partial charge in [0.2, 0.25) is 0 Å². The zero-order valence-corrected chi connectivity index (χ0v) is 13.0. The van der Waals surface area contributed by atoms with Crippen molar-refractivity contribution < 1.29 is 19.5 Å². The molecule has 5 heteroatoms. The summed E-state index contributed by atoms with van der Waals surface area (Å²) in [4.78, 5) is 24.8. The van der Waals surface area contributed by atoms with E-state index in [9.17, 15) is 14.8 Å². The van der Waals surface area contributed by atoms with E-state index >= 15 is 0 Å². The van der Waals surface area contributed by atoms with Crippen molar-refractivity contribution in [2.45, 2.75) is 0 Å². The number of carbonyl (C=O) groups is 2. The van der Waals surface area contributed by atoms with E-state index in [0.717, 1.165) is 0 Å². The van der Waals surface area contributed by atoms with Gasteiger partial charge in [0.05, 0.1) is 18.4 Å². The van der Waals surface area contributed by atoms with Crippen molar-refractivity contribution in [1.29, 1.82) is 0 Å². The van der Waals surface area contributed by atoms with Crippen LogP contribution in [0.1, 0.15) is 26.4 Å². The second-order valence-electron chi connectivity index (χ2n) is 5.16. The molecule has 2 aromatic carbocycles. The first kappa shape index (κ1) is 15.6. The van der Waals surface area contributed by atoms with Crippen LogP contribution >= 0.6 is 0 Å². The minimum Gasteiger partial charge on any atom is -0.464 e. The highest BCUT2D eigenvalue weighted by atomic mass is 16.5. The van der Waals surface area contributed by atoms with Crippen LogP contribution in [0.5, 0.6) is 0 Å². The van der Waals surface area contributed by atoms with Crippen molar-refractivity contribution in [2.24, 2.45) is 0 Å². The Labute approximate surface area is 138 Å². The van der Waals surface area contributed by atoms with Crippen LogP contribution < -0.4 is 0 Å². The first-order valence-electron chi connectivity index (χ1n) is 7.32. The molecule has 1 N–H and O–H groups in total. The third-order valence-corrected chi connectivity index (χ3v) is 3.71. The van der Waals surface area contributed by atoms with Gasteiger partial charge in [0.15, 0.2) is 11.5 Å². The molecule has 0 saturated carbocycles. The highest BCUT2D eigenvalue weighted by Crippen LogP contribution is 2.27. The van der Waals surface area contributed by atoms with Gasteiger partial charge in [-0.05, 0) is 6.07 Å². The number of ketones is 1. The van der Waals surface area contributed by atoms with E-state index in [1.165, 1.54) is 13.2 Å². The van der Waals surface area contributed by atoms with Crippen LogP contribution in [0.2, 0.25) is 0 Å². The van der Waals surface area contributed by atoms with E-state index in [1.54, 1.807) is 54.6 Å². The van der Waals surface area contributed by atoms with Gasteiger partial charge in [-0.25, -0.2) is 4.79 Å². The third kappa shape index (κ3) is 2.67. The Kier molecular flexibility index (Phi) is 4.16. The predicted molar refractivity (Wildman–Crippen MR) is 88.3 cm³/mol. The Morgan fingerprint density at radius 2 is 1.54 bits per heavy atom. The maximum absolute atomic E-state index is 12.8. The summed E-state index contributed by atoms with van der Waals surface area (Å²) in [5, 5.41) is 10.4. The second kappa shape index (κ2) is 6.42. The molecule has 0 aliphatic heterocycles. The van der Waals surface area contributed by atoms with Crippen LogP contribution in [0.3, 0.4) is 0 Å². The van der Waals surface area contributed by atoms with Crippen LogP contribution in [-0.4, -0.2) is 28.8 Å². The van der Waals surface area contributed by atoms with Gasteiger partial charge >= 0.3 is 5.97 Å². The number of hydrogen-bond donors (Lipinski definition) is 1. The molecule has 1 heterocycles. The quantitative estimate of drug-likeness (QED) is 0.454. The molecule has 0 fully saturated rings. The summed E-state index contributed by atoms with van der Waals surface area (Å²) in [5.41, 5.74) is 1.35. The molecule has 3 rings (SSSR count). The number of ether oxygens (including phenoxy) is 1. The normalized spacial score (nSPS) is 10.4. The number of benzene rings is 2. The molecule has 120 valence electrons. The van der Waals surface area contributed by atoms with Gasteiger partial charge in [-0.2, -0.15) is 4.73 Å². The van der Waals surface area contributed by atoms with Gasteiger partial charge in [0.25, 0.3) is 0 Å². The van der Waals surface area contributed by atoms with Crippen molar-refractivity contribution in [2.75, 3.05) is 7.11 Å². The SMILES string of the molecule is COC(=O)c1c(C(=O)c2ccccc2)cc(-c2ccccc2)n1O. The summed E-state index contributed by atoms with van der Waals surface area (Å²) in [6.45, 7) is 0. The highest BCUT2D eigenvalue weighted by molar-refractivity contribution is 6.14. The maximum atomic E-state index is 12.8. The Bertz CT molecular complexity index is 882. The van der Waals surface area contributed by atoms with E-state index in [0.29, 0.717) is 21.6 Å². The molecule has 24 heavy (non-hydrogen) atoms. The van der Waals surface area contributed by atoms with Gasteiger partial charge in [-0.15, -0.1) is 0 Å². The Hall–Kier alpha value is -3.34. The molecular formula is C19H15NO4. The standard InChI is InChI=1S/C19H15NO4/c1-24-19(22)17-15(18(21)14-10-6-3-7-11-14)12-16(20(17)23)13-8-4-2-5-9-13/h2-12,23H,1H3. The third-order valence-electron chi connectivity index (χ3n) is 3.71. The fraction of sp³-hybridized carbons (Fsp3) is 0.0526. The van der Waals surface area contributed by atoms with Crippen LogP contribution in [0.25, 0.3) is 11.3 Å². The number of carbonyl (C=O) groups excluding carboxylic acids is 2. The number of methoxy groups -OCH3 is 1. The molecule has 3 aromatic rings. The Morgan fingerprint density at radius 1 is 0.958 bits per heavy atom. The number of rotatable bonds is 4. The zero-order valence-electron chi connectivity index (χ0n) is 13.0. The summed E-state index contributed by atoms with van der Waals surface area (Å²) in [6.07, 6.45) is 0. The van der Waals surface area contributed by atoms with Crippen LogP contribution in [0, 0.1) is 0 Å². The molecule has 0 spiro atoms. The van der Waals surface area contributed by atoms with Crippen LogP contribution in [-0.2, 0) is 4.74 Å². The van der Waals surface area contributed by atoms with Crippen molar-refractivity contribution in [3.05, 3.63) is 83.6 Å². The van der Waals surface area contributed by atoms with Crippen molar-refractivity contribution >= 4 is 11.8 Å². The molecule has 1 aromatic heterocycles. The minimum atomic E-state index is -0.779. The predicted octanol–water partition coefficient (Wildman–Crippen LogP) is 3.41. The zero-order chi connectivity index (χ0) is 17.1. The Morgan fingerprint density at radius 3 is 2.12 bits per heavy atom. The average molecular weight is 321 g/mol. The maximum Gasteiger partial charge on any atom is 0.358 e. The molecular weight excluding hydrogens is 306 g/mol. The van der Waals surface area contributed by atoms with E-state index in [-0.39, 0.29) is 17.0 Å². The monoisotopic (exact) mass is 321 g/mol. The molecule has 0 unspecified atom stereocenters. The summed E-state index contributed by atoms with van der Waals surface area (Å²) < 4.78 is 5.43. The molecule has 0 bridgehead atoms. The molecule has 0 saturated heterocycles. The second-order valence-corrected chi connectivity index (χ2v) is 5.16. The lowest BCUT2D eigenvalue weighted by molar-refractivity contribution is 0.0547. The molecule has 0 radical (unpaired) electrons. The smallest absolute Gasteiger partial charge is 0.358 e. The van der Waals surface area contributed by atoms with Crippen molar-refractivity contribution in [1.82, 2.24) is 4.73 Å².